The minimum atomic E-state index is -0.0142. The van der Waals surface area contributed by atoms with Crippen LogP contribution in [0.1, 0.15) is 50.8 Å². The van der Waals surface area contributed by atoms with Gasteiger partial charge in [0.25, 0.3) is 0 Å². The third-order valence-electron chi connectivity index (χ3n) is 3.61. The SMILES string of the molecule is COc1c(C)cc(CCC(=O)NCC(C)N)cc1C(C)(C)C. The molecule has 0 radical (unpaired) electrons. The molecule has 1 atom stereocenters. The smallest absolute Gasteiger partial charge is 0.220 e. The number of methoxy groups -OCH3 is 1. The second kappa shape index (κ2) is 7.63. The Morgan fingerprint density at radius 3 is 2.50 bits per heavy atom. The molecule has 0 saturated heterocycles. The summed E-state index contributed by atoms with van der Waals surface area (Å²) >= 11 is 0. The maximum atomic E-state index is 11.8. The van der Waals surface area contributed by atoms with Gasteiger partial charge in [-0.1, -0.05) is 32.9 Å². The van der Waals surface area contributed by atoms with Crippen LogP contribution < -0.4 is 15.8 Å². The molecule has 1 unspecified atom stereocenters. The van der Waals surface area contributed by atoms with Crippen LogP contribution in [0.2, 0.25) is 0 Å². The monoisotopic (exact) mass is 306 g/mol. The fourth-order valence-electron chi connectivity index (χ4n) is 2.44. The van der Waals surface area contributed by atoms with Gasteiger partial charge in [0.2, 0.25) is 5.91 Å². The average molecular weight is 306 g/mol. The van der Waals surface area contributed by atoms with Crippen molar-refractivity contribution in [2.24, 2.45) is 5.73 Å². The molecule has 0 heterocycles. The van der Waals surface area contributed by atoms with E-state index in [0.29, 0.717) is 13.0 Å². The molecule has 0 bridgehead atoms. The molecule has 0 aliphatic heterocycles. The quantitative estimate of drug-likeness (QED) is 0.849. The Bertz CT molecular complexity index is 517. The van der Waals surface area contributed by atoms with E-state index in [-0.39, 0.29) is 17.4 Å². The normalized spacial score (nSPS) is 12.9. The van der Waals surface area contributed by atoms with Crippen molar-refractivity contribution in [3.63, 3.8) is 0 Å². The highest BCUT2D eigenvalue weighted by atomic mass is 16.5. The third-order valence-corrected chi connectivity index (χ3v) is 3.61. The highest BCUT2D eigenvalue weighted by Crippen LogP contribution is 2.35. The van der Waals surface area contributed by atoms with Crippen molar-refractivity contribution in [2.45, 2.75) is 58.9 Å². The number of aryl methyl sites for hydroxylation is 2. The molecule has 4 heteroatoms. The molecular formula is C18H30N2O2. The van der Waals surface area contributed by atoms with Crippen LogP contribution in [-0.4, -0.2) is 25.6 Å². The van der Waals surface area contributed by atoms with Gasteiger partial charge in [-0.25, -0.2) is 0 Å². The Kier molecular flexibility index (Phi) is 6.42. The number of amides is 1. The lowest BCUT2D eigenvalue weighted by molar-refractivity contribution is -0.121. The minimum Gasteiger partial charge on any atom is -0.496 e. The highest BCUT2D eigenvalue weighted by molar-refractivity contribution is 5.76. The summed E-state index contributed by atoms with van der Waals surface area (Å²) < 4.78 is 5.55. The van der Waals surface area contributed by atoms with Gasteiger partial charge in [-0.3, -0.25) is 4.79 Å². The average Bonchev–Trinajstić information content (AvgIpc) is 2.41. The van der Waals surface area contributed by atoms with E-state index in [1.165, 1.54) is 11.1 Å². The van der Waals surface area contributed by atoms with E-state index in [0.717, 1.165) is 17.7 Å². The first-order chi connectivity index (χ1) is 10.1. The van der Waals surface area contributed by atoms with Crippen molar-refractivity contribution in [1.29, 1.82) is 0 Å². The molecule has 0 aromatic heterocycles. The molecule has 0 spiro atoms. The standard InChI is InChI=1S/C18H30N2O2/c1-12-9-14(7-8-16(21)20-11-13(2)19)10-15(17(12)22-6)18(3,4)5/h9-10,13H,7-8,11,19H2,1-6H3,(H,20,21). The van der Waals surface area contributed by atoms with E-state index >= 15 is 0 Å². The summed E-state index contributed by atoms with van der Waals surface area (Å²) in [5.74, 6) is 0.987. The summed E-state index contributed by atoms with van der Waals surface area (Å²) in [6.45, 7) is 11.0. The van der Waals surface area contributed by atoms with Crippen LogP contribution in [0.15, 0.2) is 12.1 Å². The van der Waals surface area contributed by atoms with E-state index in [9.17, 15) is 4.79 Å². The number of hydrogen-bond acceptors (Lipinski definition) is 3. The number of benzene rings is 1. The Hall–Kier alpha value is -1.55. The van der Waals surface area contributed by atoms with Crippen LogP contribution in [0.5, 0.6) is 5.75 Å². The van der Waals surface area contributed by atoms with Gasteiger partial charge in [0.15, 0.2) is 0 Å². The fourth-order valence-corrected chi connectivity index (χ4v) is 2.44. The van der Waals surface area contributed by atoms with Gasteiger partial charge in [0.1, 0.15) is 5.75 Å². The van der Waals surface area contributed by atoms with E-state index in [4.69, 9.17) is 10.5 Å². The van der Waals surface area contributed by atoms with Crippen molar-refractivity contribution in [3.8, 4) is 5.75 Å². The van der Waals surface area contributed by atoms with Crippen molar-refractivity contribution in [3.05, 3.63) is 28.8 Å². The van der Waals surface area contributed by atoms with Gasteiger partial charge in [-0.2, -0.15) is 0 Å². The first-order valence-corrected chi connectivity index (χ1v) is 7.85. The Morgan fingerprint density at radius 2 is 2.00 bits per heavy atom. The molecule has 4 nitrogen and oxygen atoms in total. The number of nitrogens with two attached hydrogens (primary N) is 1. The van der Waals surface area contributed by atoms with E-state index in [1.807, 2.05) is 13.8 Å². The Morgan fingerprint density at radius 1 is 1.36 bits per heavy atom. The molecule has 1 rings (SSSR count). The zero-order valence-electron chi connectivity index (χ0n) is 14.7. The first-order valence-electron chi connectivity index (χ1n) is 7.85. The zero-order chi connectivity index (χ0) is 16.9. The van der Waals surface area contributed by atoms with Crippen LogP contribution in [0.4, 0.5) is 0 Å². The van der Waals surface area contributed by atoms with Crippen LogP contribution >= 0.6 is 0 Å². The van der Waals surface area contributed by atoms with Crippen LogP contribution in [-0.2, 0) is 16.6 Å². The van der Waals surface area contributed by atoms with Crippen molar-refractivity contribution >= 4 is 5.91 Å². The number of ether oxygens (including phenoxy) is 1. The predicted octanol–water partition coefficient (Wildman–Crippen LogP) is 2.70. The summed E-state index contributed by atoms with van der Waals surface area (Å²) in [5.41, 5.74) is 9.10. The van der Waals surface area contributed by atoms with Crippen LogP contribution in [0.3, 0.4) is 0 Å². The van der Waals surface area contributed by atoms with Gasteiger partial charge in [-0.15, -0.1) is 0 Å². The molecule has 1 aromatic carbocycles. The van der Waals surface area contributed by atoms with Crippen LogP contribution in [0.25, 0.3) is 0 Å². The van der Waals surface area contributed by atoms with Crippen LogP contribution in [0, 0.1) is 6.92 Å². The number of carbonyl (C=O) groups is 1. The largest absolute Gasteiger partial charge is 0.496 e. The number of carbonyl (C=O) groups excluding carboxylic acids is 1. The highest BCUT2D eigenvalue weighted by Gasteiger charge is 2.21. The van der Waals surface area contributed by atoms with Gasteiger partial charge in [0.05, 0.1) is 7.11 Å². The second-order valence-electron chi connectivity index (χ2n) is 7.02. The van der Waals surface area contributed by atoms with E-state index < -0.39 is 0 Å². The molecule has 22 heavy (non-hydrogen) atoms. The summed E-state index contributed by atoms with van der Waals surface area (Å²) in [7, 11) is 1.71. The Labute approximate surface area is 134 Å². The molecule has 3 N–H and O–H groups in total. The van der Waals surface area contributed by atoms with E-state index in [1.54, 1.807) is 7.11 Å². The molecule has 1 amide bonds. The molecule has 0 aliphatic rings. The van der Waals surface area contributed by atoms with Gasteiger partial charge < -0.3 is 15.8 Å². The summed E-state index contributed by atoms with van der Waals surface area (Å²) in [6, 6.07) is 4.25. The lowest BCUT2D eigenvalue weighted by Gasteiger charge is -2.24. The van der Waals surface area contributed by atoms with Crippen molar-refractivity contribution < 1.29 is 9.53 Å². The lowest BCUT2D eigenvalue weighted by Crippen LogP contribution is -2.35. The molecule has 0 saturated carbocycles. The first kappa shape index (κ1) is 18.5. The summed E-state index contributed by atoms with van der Waals surface area (Å²) in [4.78, 5) is 11.8. The summed E-state index contributed by atoms with van der Waals surface area (Å²) in [6.07, 6.45) is 1.20. The van der Waals surface area contributed by atoms with Gasteiger partial charge in [0, 0.05) is 24.6 Å². The minimum absolute atomic E-state index is 0.00333. The van der Waals surface area contributed by atoms with E-state index in [2.05, 4.69) is 38.2 Å². The van der Waals surface area contributed by atoms with Gasteiger partial charge in [-0.05, 0) is 36.8 Å². The molecular weight excluding hydrogens is 276 g/mol. The molecule has 0 fully saturated rings. The summed E-state index contributed by atoms with van der Waals surface area (Å²) in [5, 5.41) is 2.85. The fraction of sp³-hybridized carbons (Fsp3) is 0.611. The Balaban J connectivity index is 2.84. The number of hydrogen-bond donors (Lipinski definition) is 2. The molecule has 1 aromatic rings. The number of nitrogens with one attached hydrogen (secondary N) is 1. The van der Waals surface area contributed by atoms with Crippen molar-refractivity contribution in [2.75, 3.05) is 13.7 Å². The molecule has 0 aliphatic carbocycles. The van der Waals surface area contributed by atoms with Crippen molar-refractivity contribution in [1.82, 2.24) is 5.32 Å². The third kappa shape index (κ3) is 5.34. The maximum Gasteiger partial charge on any atom is 0.220 e. The maximum absolute atomic E-state index is 11.8. The lowest BCUT2D eigenvalue weighted by atomic mass is 9.83. The van der Waals surface area contributed by atoms with Gasteiger partial charge >= 0.3 is 0 Å². The second-order valence-corrected chi connectivity index (χ2v) is 7.02. The topological polar surface area (TPSA) is 64.3 Å². The molecule has 124 valence electrons. The number of rotatable bonds is 6. The predicted molar refractivity (Wildman–Crippen MR) is 91.4 cm³/mol. The zero-order valence-corrected chi connectivity index (χ0v) is 14.7.